The molecule has 0 radical (unpaired) electrons. The molecule has 2 nitrogen and oxygen atoms in total. The van der Waals surface area contributed by atoms with Crippen LogP contribution >= 0.6 is 31.9 Å². The van der Waals surface area contributed by atoms with Crippen LogP contribution in [0.5, 0.6) is 0 Å². The van der Waals surface area contributed by atoms with Crippen LogP contribution in [0.3, 0.4) is 0 Å². The quantitative estimate of drug-likeness (QED) is 0.762. The predicted octanol–water partition coefficient (Wildman–Crippen LogP) is 5.06. The Morgan fingerprint density at radius 2 is 1.85 bits per heavy atom. The second-order valence-electron chi connectivity index (χ2n) is 4.77. The zero-order chi connectivity index (χ0) is 14.5. The van der Waals surface area contributed by atoms with Crippen LogP contribution in [-0.4, -0.2) is 11.5 Å². The van der Waals surface area contributed by atoms with Gasteiger partial charge in [-0.05, 0) is 48.0 Å². The molecule has 1 N–H and O–H groups in total. The van der Waals surface area contributed by atoms with Gasteiger partial charge in [0.2, 0.25) is 0 Å². The number of nitrogens with zero attached hydrogens (tertiary/aromatic N) is 1. The van der Waals surface area contributed by atoms with Gasteiger partial charge < -0.3 is 5.32 Å². The Kier molecular flexibility index (Phi) is 5.75. The van der Waals surface area contributed by atoms with Gasteiger partial charge in [-0.3, -0.25) is 4.98 Å². The molecule has 2 aromatic rings. The monoisotopic (exact) mass is 396 g/mol. The van der Waals surface area contributed by atoms with Gasteiger partial charge in [-0.25, -0.2) is 0 Å². The molecule has 106 valence electrons. The summed E-state index contributed by atoms with van der Waals surface area (Å²) in [5.41, 5.74) is 2.56. The Bertz CT molecular complexity index is 558. The minimum Gasteiger partial charge on any atom is -0.310 e. The molecule has 2 rings (SSSR count). The average molecular weight is 398 g/mol. The van der Waals surface area contributed by atoms with Crippen LogP contribution in [0, 0.1) is 0 Å². The van der Waals surface area contributed by atoms with Gasteiger partial charge in [-0.1, -0.05) is 45.7 Å². The topological polar surface area (TPSA) is 24.9 Å². The zero-order valence-electron chi connectivity index (χ0n) is 11.6. The molecule has 0 amide bonds. The molecule has 0 spiro atoms. The lowest BCUT2D eigenvalue weighted by Crippen LogP contribution is -2.26. The average Bonchev–Trinajstić information content (AvgIpc) is 2.48. The van der Waals surface area contributed by atoms with Crippen LogP contribution in [0.25, 0.3) is 0 Å². The first-order valence-corrected chi connectivity index (χ1v) is 8.30. The van der Waals surface area contributed by atoms with Crippen molar-refractivity contribution in [3.05, 3.63) is 62.8 Å². The van der Waals surface area contributed by atoms with E-state index in [1.807, 2.05) is 18.5 Å². The number of pyridine rings is 1. The van der Waals surface area contributed by atoms with E-state index in [9.17, 15) is 0 Å². The third kappa shape index (κ3) is 3.68. The minimum atomic E-state index is 0.259. The molecule has 1 heterocycles. The summed E-state index contributed by atoms with van der Waals surface area (Å²) >= 11 is 7.23. The highest BCUT2D eigenvalue weighted by Crippen LogP contribution is 2.35. The highest BCUT2D eigenvalue weighted by molar-refractivity contribution is 9.11. The van der Waals surface area contributed by atoms with Crippen LogP contribution in [0.1, 0.15) is 36.9 Å². The number of hydrogen-bond acceptors (Lipinski definition) is 2. The van der Waals surface area contributed by atoms with E-state index in [1.54, 1.807) is 0 Å². The highest BCUT2D eigenvalue weighted by atomic mass is 79.9. The van der Waals surface area contributed by atoms with E-state index < -0.39 is 0 Å². The van der Waals surface area contributed by atoms with Crippen molar-refractivity contribution in [1.29, 1.82) is 0 Å². The van der Waals surface area contributed by atoms with Crippen molar-refractivity contribution in [3.8, 4) is 0 Å². The second kappa shape index (κ2) is 7.34. The van der Waals surface area contributed by atoms with Gasteiger partial charge >= 0.3 is 0 Å². The van der Waals surface area contributed by atoms with Gasteiger partial charge in [0, 0.05) is 33.3 Å². The molecule has 0 fully saturated rings. The zero-order valence-corrected chi connectivity index (χ0v) is 14.8. The molecular weight excluding hydrogens is 380 g/mol. The molecule has 0 saturated carbocycles. The molecule has 1 aromatic carbocycles. The molecule has 2 unspecified atom stereocenters. The lowest BCUT2D eigenvalue weighted by molar-refractivity contribution is 0.477. The molecule has 0 aliphatic carbocycles. The van der Waals surface area contributed by atoms with E-state index in [0.717, 1.165) is 15.5 Å². The van der Waals surface area contributed by atoms with Crippen molar-refractivity contribution in [2.45, 2.75) is 25.8 Å². The maximum atomic E-state index is 4.10. The van der Waals surface area contributed by atoms with E-state index in [1.165, 1.54) is 11.1 Å². The van der Waals surface area contributed by atoms with E-state index in [0.29, 0.717) is 5.92 Å². The fourth-order valence-electron chi connectivity index (χ4n) is 2.39. The smallest absolute Gasteiger partial charge is 0.0398 e. The minimum absolute atomic E-state index is 0.259. The van der Waals surface area contributed by atoms with E-state index >= 15 is 0 Å². The van der Waals surface area contributed by atoms with Crippen molar-refractivity contribution in [2.24, 2.45) is 0 Å². The predicted molar refractivity (Wildman–Crippen MR) is 90.9 cm³/mol. The Labute approximate surface area is 137 Å². The molecule has 4 heteroatoms. The first kappa shape index (κ1) is 15.7. The summed E-state index contributed by atoms with van der Waals surface area (Å²) < 4.78 is 2.23. The molecule has 1 aromatic heterocycles. The normalized spacial score (nSPS) is 14.0. The molecule has 0 saturated heterocycles. The van der Waals surface area contributed by atoms with Crippen LogP contribution in [0.4, 0.5) is 0 Å². The number of nitrogens with one attached hydrogen (secondary N) is 1. The molecule has 20 heavy (non-hydrogen) atoms. The van der Waals surface area contributed by atoms with Crippen molar-refractivity contribution < 1.29 is 0 Å². The maximum Gasteiger partial charge on any atom is 0.0398 e. The number of rotatable bonds is 5. The van der Waals surface area contributed by atoms with Crippen molar-refractivity contribution >= 4 is 31.9 Å². The summed E-state index contributed by atoms with van der Waals surface area (Å²) in [6.07, 6.45) is 3.70. The highest BCUT2D eigenvalue weighted by Gasteiger charge is 2.22. The Balaban J connectivity index is 2.38. The maximum absolute atomic E-state index is 4.10. The van der Waals surface area contributed by atoms with Crippen LogP contribution in [-0.2, 0) is 0 Å². The number of hydrogen-bond donors (Lipinski definition) is 1. The first-order valence-electron chi connectivity index (χ1n) is 6.71. The Morgan fingerprint density at radius 3 is 2.50 bits per heavy atom. The van der Waals surface area contributed by atoms with E-state index in [-0.39, 0.29) is 6.04 Å². The van der Waals surface area contributed by atoms with Crippen LogP contribution in [0.15, 0.2) is 51.7 Å². The first-order chi connectivity index (χ1) is 9.63. The van der Waals surface area contributed by atoms with Gasteiger partial charge in [0.15, 0.2) is 0 Å². The van der Waals surface area contributed by atoms with Gasteiger partial charge in [-0.15, -0.1) is 0 Å². The fraction of sp³-hybridized carbons (Fsp3) is 0.312. The standard InChI is InChI=1S/C16H18Br2N2/c1-3-20-16(11(2)12-6-8-19-9-7-12)14-10-13(17)4-5-15(14)18/h4-11,16,20H,3H2,1-2H3. The lowest BCUT2D eigenvalue weighted by Gasteiger charge is -2.27. The summed E-state index contributed by atoms with van der Waals surface area (Å²) in [6.45, 7) is 5.31. The lowest BCUT2D eigenvalue weighted by atomic mass is 9.89. The van der Waals surface area contributed by atoms with E-state index in [4.69, 9.17) is 0 Å². The largest absolute Gasteiger partial charge is 0.310 e. The summed E-state index contributed by atoms with van der Waals surface area (Å²) in [7, 11) is 0. The number of likely N-dealkylation sites (N-methyl/N-ethyl adjacent to an activating group) is 1. The van der Waals surface area contributed by atoms with E-state index in [2.05, 4.69) is 80.3 Å². The van der Waals surface area contributed by atoms with Crippen molar-refractivity contribution in [1.82, 2.24) is 10.3 Å². The van der Waals surface area contributed by atoms with Crippen LogP contribution in [0.2, 0.25) is 0 Å². The summed E-state index contributed by atoms with van der Waals surface area (Å²) in [5, 5.41) is 3.59. The van der Waals surface area contributed by atoms with Gasteiger partial charge in [0.25, 0.3) is 0 Å². The molecule has 0 aliphatic rings. The Morgan fingerprint density at radius 1 is 1.15 bits per heavy atom. The summed E-state index contributed by atoms with van der Waals surface area (Å²) in [5.74, 6) is 0.364. The van der Waals surface area contributed by atoms with Gasteiger partial charge in [0.05, 0.1) is 0 Å². The molecule has 0 aliphatic heterocycles. The number of aromatic nitrogens is 1. The molecule has 0 bridgehead atoms. The Hall–Kier alpha value is -0.710. The fourth-order valence-corrected chi connectivity index (χ4v) is 3.26. The third-order valence-corrected chi connectivity index (χ3v) is 4.66. The van der Waals surface area contributed by atoms with Gasteiger partial charge in [-0.2, -0.15) is 0 Å². The summed E-state index contributed by atoms with van der Waals surface area (Å²) in [4.78, 5) is 4.10. The SMILES string of the molecule is CCNC(c1cc(Br)ccc1Br)C(C)c1ccncc1. The third-order valence-electron chi connectivity index (χ3n) is 3.45. The second-order valence-corrected chi connectivity index (χ2v) is 6.54. The molecule has 2 atom stereocenters. The molecular formula is C16H18Br2N2. The van der Waals surface area contributed by atoms with Gasteiger partial charge in [0.1, 0.15) is 0 Å². The summed E-state index contributed by atoms with van der Waals surface area (Å²) in [6, 6.07) is 10.7. The van der Waals surface area contributed by atoms with Crippen molar-refractivity contribution in [2.75, 3.05) is 6.54 Å². The number of benzene rings is 1. The van der Waals surface area contributed by atoms with Crippen molar-refractivity contribution in [3.63, 3.8) is 0 Å². The number of halogens is 2. The van der Waals surface area contributed by atoms with Crippen LogP contribution < -0.4 is 5.32 Å².